The van der Waals surface area contributed by atoms with Crippen LogP contribution in [0.1, 0.15) is 19.4 Å². The molecule has 8 heteroatoms. The highest BCUT2D eigenvalue weighted by Crippen LogP contribution is 2.20. The number of amides is 1. The first-order valence-electron chi connectivity index (χ1n) is 6.50. The van der Waals surface area contributed by atoms with Crippen LogP contribution < -0.4 is 16.6 Å². The van der Waals surface area contributed by atoms with Crippen molar-refractivity contribution in [3.8, 4) is 0 Å². The molecule has 0 aliphatic carbocycles. The van der Waals surface area contributed by atoms with Gasteiger partial charge in [-0.1, -0.05) is 0 Å². The summed E-state index contributed by atoms with van der Waals surface area (Å²) < 4.78 is 1.94. The Balaban J connectivity index is 2.76. The summed E-state index contributed by atoms with van der Waals surface area (Å²) >= 11 is 1.05. The lowest BCUT2D eigenvalue weighted by molar-refractivity contribution is 0.221. The van der Waals surface area contributed by atoms with Gasteiger partial charge in [0.1, 0.15) is 4.83 Å². The van der Waals surface area contributed by atoms with E-state index in [4.69, 9.17) is 5.11 Å². The number of aliphatic hydroxyl groups excluding tert-OH is 1. The molecule has 1 radical (unpaired) electrons. The first-order chi connectivity index (χ1) is 9.92. The standard InChI is InChI=1S/C13H16N3O4S/c1-4-15-10(18)9-7(2)6-21-11(9)16(13(15)20)12(19)14-8(3)5-17/h8,17H,4-5H2,1-3H3,(H,14,19)/t8-/m1/s1. The van der Waals surface area contributed by atoms with Crippen LogP contribution in [0.15, 0.2) is 9.59 Å². The van der Waals surface area contributed by atoms with Gasteiger partial charge in [0.2, 0.25) is 0 Å². The predicted molar refractivity (Wildman–Crippen MR) is 80.1 cm³/mol. The van der Waals surface area contributed by atoms with Gasteiger partial charge in [-0.05, 0) is 26.3 Å². The van der Waals surface area contributed by atoms with Gasteiger partial charge in [-0.15, -0.1) is 11.3 Å². The second-order valence-corrected chi connectivity index (χ2v) is 5.50. The Kier molecular flexibility index (Phi) is 4.29. The fourth-order valence-corrected chi connectivity index (χ4v) is 2.95. The van der Waals surface area contributed by atoms with Crippen molar-refractivity contribution in [3.63, 3.8) is 0 Å². The van der Waals surface area contributed by atoms with E-state index < -0.39 is 23.3 Å². The minimum atomic E-state index is -0.687. The SMILES string of the molecule is CCn1c(=O)c2c(C)[c]sc2n(C(=O)N[C@H](C)CO)c1=O. The minimum Gasteiger partial charge on any atom is -0.394 e. The number of aromatic nitrogens is 2. The van der Waals surface area contributed by atoms with Gasteiger partial charge in [-0.2, -0.15) is 0 Å². The van der Waals surface area contributed by atoms with E-state index in [1.165, 1.54) is 0 Å². The van der Waals surface area contributed by atoms with Crippen LogP contribution >= 0.6 is 11.3 Å². The molecule has 2 N–H and O–H groups in total. The molecular formula is C13H16N3O4S. The number of nitrogens with zero attached hydrogens (tertiary/aromatic N) is 2. The average molecular weight is 310 g/mol. The summed E-state index contributed by atoms with van der Waals surface area (Å²) in [5.41, 5.74) is -0.487. The number of hydrogen-bond donors (Lipinski definition) is 2. The lowest BCUT2D eigenvalue weighted by Crippen LogP contribution is -2.47. The fourth-order valence-electron chi connectivity index (χ4n) is 2.01. The van der Waals surface area contributed by atoms with Gasteiger partial charge in [-0.25, -0.2) is 14.2 Å². The number of aryl methyl sites for hydroxylation is 1. The molecule has 7 nitrogen and oxygen atoms in total. The number of aliphatic hydroxyl groups is 1. The maximum absolute atomic E-state index is 12.4. The molecule has 1 atom stereocenters. The number of thiophene rings is 1. The molecule has 0 fully saturated rings. The lowest BCUT2D eigenvalue weighted by atomic mass is 10.2. The molecule has 2 rings (SSSR count). The Morgan fingerprint density at radius 2 is 2.14 bits per heavy atom. The van der Waals surface area contributed by atoms with Crippen molar-refractivity contribution >= 4 is 27.6 Å². The zero-order valence-corrected chi connectivity index (χ0v) is 12.8. The molecule has 0 aliphatic heterocycles. The van der Waals surface area contributed by atoms with Crippen molar-refractivity contribution in [2.45, 2.75) is 33.4 Å². The summed E-state index contributed by atoms with van der Waals surface area (Å²) in [6, 6.07) is -1.16. The Morgan fingerprint density at radius 3 is 2.71 bits per heavy atom. The molecule has 0 bridgehead atoms. The molecule has 1 amide bonds. The summed E-state index contributed by atoms with van der Waals surface area (Å²) in [5.74, 6) is 0. The minimum absolute atomic E-state index is 0.172. The molecule has 0 saturated carbocycles. The summed E-state index contributed by atoms with van der Waals surface area (Å²) in [6.07, 6.45) is 0. The highest BCUT2D eigenvalue weighted by atomic mass is 32.1. The number of carbonyl (C=O) groups excluding carboxylic acids is 1. The van der Waals surface area contributed by atoms with Crippen LogP contribution in [0, 0.1) is 12.3 Å². The van der Waals surface area contributed by atoms with Crippen molar-refractivity contribution < 1.29 is 9.90 Å². The van der Waals surface area contributed by atoms with Crippen molar-refractivity contribution in [1.29, 1.82) is 0 Å². The van der Waals surface area contributed by atoms with Gasteiger partial charge >= 0.3 is 11.7 Å². The third-order valence-corrected chi connectivity index (χ3v) is 4.13. The summed E-state index contributed by atoms with van der Waals surface area (Å²) in [7, 11) is 0. The zero-order chi connectivity index (χ0) is 15.7. The average Bonchev–Trinajstić information content (AvgIpc) is 2.81. The molecule has 0 unspecified atom stereocenters. The Hall–Kier alpha value is -1.93. The summed E-state index contributed by atoms with van der Waals surface area (Å²) in [4.78, 5) is 37.2. The zero-order valence-electron chi connectivity index (χ0n) is 12.0. The van der Waals surface area contributed by atoms with Crippen LogP contribution in [0.25, 0.3) is 10.2 Å². The van der Waals surface area contributed by atoms with Crippen molar-refractivity contribution in [2.24, 2.45) is 0 Å². The maximum atomic E-state index is 12.4. The largest absolute Gasteiger partial charge is 0.394 e. The van der Waals surface area contributed by atoms with E-state index >= 15 is 0 Å². The number of fused-ring (bicyclic) bond motifs is 1. The smallest absolute Gasteiger partial charge is 0.340 e. The van der Waals surface area contributed by atoms with Crippen LogP contribution in [0.2, 0.25) is 0 Å². The topological polar surface area (TPSA) is 93.3 Å². The van der Waals surface area contributed by atoms with Crippen LogP contribution in [0.5, 0.6) is 0 Å². The molecule has 2 aromatic heterocycles. The quantitative estimate of drug-likeness (QED) is 0.852. The van der Waals surface area contributed by atoms with E-state index in [-0.39, 0.29) is 18.0 Å². The van der Waals surface area contributed by atoms with Crippen molar-refractivity contribution in [3.05, 3.63) is 31.8 Å². The third-order valence-electron chi connectivity index (χ3n) is 3.14. The number of hydrogen-bond acceptors (Lipinski definition) is 5. The Morgan fingerprint density at radius 1 is 1.48 bits per heavy atom. The van der Waals surface area contributed by atoms with E-state index in [0.717, 1.165) is 20.5 Å². The fraction of sp³-hybridized carbons (Fsp3) is 0.462. The van der Waals surface area contributed by atoms with Crippen molar-refractivity contribution in [1.82, 2.24) is 14.5 Å². The van der Waals surface area contributed by atoms with Crippen LogP contribution in [-0.2, 0) is 6.54 Å². The summed E-state index contributed by atoms with van der Waals surface area (Å²) in [6.45, 7) is 4.92. The van der Waals surface area contributed by atoms with E-state index in [1.54, 1.807) is 20.8 Å². The van der Waals surface area contributed by atoms with Gasteiger partial charge in [-0.3, -0.25) is 9.36 Å². The van der Waals surface area contributed by atoms with E-state index in [1.807, 2.05) is 0 Å². The van der Waals surface area contributed by atoms with E-state index in [0.29, 0.717) is 10.9 Å². The van der Waals surface area contributed by atoms with Crippen LogP contribution in [-0.4, -0.2) is 32.9 Å². The van der Waals surface area contributed by atoms with E-state index in [9.17, 15) is 14.4 Å². The number of carbonyl (C=O) groups is 1. The lowest BCUT2D eigenvalue weighted by Gasteiger charge is -2.14. The predicted octanol–water partition coefficient (Wildman–Crippen LogP) is 0.292. The van der Waals surface area contributed by atoms with Gasteiger partial charge < -0.3 is 10.4 Å². The Labute approximate surface area is 124 Å². The summed E-state index contributed by atoms with van der Waals surface area (Å²) in [5, 5.41) is 14.7. The van der Waals surface area contributed by atoms with Crippen LogP contribution in [0.4, 0.5) is 4.79 Å². The molecule has 0 saturated heterocycles. The highest BCUT2D eigenvalue weighted by Gasteiger charge is 2.20. The molecular weight excluding hydrogens is 294 g/mol. The van der Waals surface area contributed by atoms with Gasteiger partial charge in [0.15, 0.2) is 0 Å². The first kappa shape index (κ1) is 15.5. The molecule has 2 heterocycles. The Bertz CT molecular complexity index is 802. The number of nitrogens with one attached hydrogen (secondary N) is 1. The van der Waals surface area contributed by atoms with Gasteiger partial charge in [0.25, 0.3) is 5.56 Å². The second kappa shape index (κ2) is 5.82. The maximum Gasteiger partial charge on any atom is 0.340 e. The van der Waals surface area contributed by atoms with Gasteiger partial charge in [0, 0.05) is 6.54 Å². The first-order valence-corrected chi connectivity index (χ1v) is 7.32. The molecule has 0 spiro atoms. The normalized spacial score (nSPS) is 12.6. The molecule has 2 aromatic rings. The second-order valence-electron chi connectivity index (χ2n) is 4.71. The monoisotopic (exact) mass is 310 g/mol. The molecule has 21 heavy (non-hydrogen) atoms. The number of rotatable bonds is 3. The molecule has 0 aromatic carbocycles. The van der Waals surface area contributed by atoms with Crippen LogP contribution in [0.3, 0.4) is 0 Å². The van der Waals surface area contributed by atoms with Gasteiger partial charge in [0.05, 0.1) is 23.4 Å². The highest BCUT2D eigenvalue weighted by molar-refractivity contribution is 7.16. The van der Waals surface area contributed by atoms with E-state index in [2.05, 4.69) is 10.7 Å². The molecule has 113 valence electrons. The molecule has 0 aliphatic rings. The van der Waals surface area contributed by atoms with Crippen molar-refractivity contribution in [2.75, 3.05) is 6.61 Å². The third kappa shape index (κ3) is 2.52.